The third kappa shape index (κ3) is 4.81. The van der Waals surface area contributed by atoms with Crippen LogP contribution in [0.15, 0.2) is 64.7 Å². The molecule has 0 radical (unpaired) electrons. The molecule has 3 aromatic rings. The third-order valence-corrected chi connectivity index (χ3v) is 5.22. The fourth-order valence-corrected chi connectivity index (χ4v) is 3.58. The van der Waals surface area contributed by atoms with Crippen LogP contribution in [0.25, 0.3) is 17.4 Å². The number of non-ortho nitro benzene ring substituents is 1. The van der Waals surface area contributed by atoms with Gasteiger partial charge in [-0.1, -0.05) is 23.7 Å². The number of amides is 4. The summed E-state index contributed by atoms with van der Waals surface area (Å²) in [7, 11) is 0. The molecule has 4 amide bonds. The van der Waals surface area contributed by atoms with Crippen molar-refractivity contribution in [1.29, 1.82) is 0 Å². The highest BCUT2D eigenvalue weighted by Gasteiger charge is 2.35. The predicted octanol–water partition coefficient (Wildman–Crippen LogP) is 4.35. The molecule has 0 atom stereocenters. The van der Waals surface area contributed by atoms with E-state index in [9.17, 15) is 24.5 Å². The molecule has 2 aromatic carbocycles. The average molecular weight is 481 g/mol. The zero-order valence-electron chi connectivity index (χ0n) is 17.7. The van der Waals surface area contributed by atoms with Crippen molar-refractivity contribution in [2.45, 2.75) is 6.92 Å². The summed E-state index contributed by atoms with van der Waals surface area (Å²) in [4.78, 5) is 48.3. The molecule has 11 heteroatoms. The molecular weight excluding hydrogens is 464 g/mol. The molecule has 1 saturated heterocycles. The SMILES string of the molecule is Cc1cccc(NC(=O)CN2C(=O)N/C(=C/c3ccc(-c4ccc([N+](=O)[O-])cc4Cl)o3)C2=O)c1. The summed E-state index contributed by atoms with van der Waals surface area (Å²) in [6.45, 7) is 1.41. The van der Waals surface area contributed by atoms with Crippen LogP contribution >= 0.6 is 11.6 Å². The molecule has 172 valence electrons. The molecule has 0 bridgehead atoms. The quantitative estimate of drug-likeness (QED) is 0.233. The van der Waals surface area contributed by atoms with Crippen LogP contribution < -0.4 is 10.6 Å². The zero-order valence-corrected chi connectivity index (χ0v) is 18.5. The first-order valence-electron chi connectivity index (χ1n) is 9.96. The van der Waals surface area contributed by atoms with E-state index in [1.54, 1.807) is 30.3 Å². The first kappa shape index (κ1) is 22.7. The molecule has 1 fully saturated rings. The molecule has 1 aliphatic rings. The number of nitro benzene ring substituents is 1. The van der Waals surface area contributed by atoms with E-state index in [4.69, 9.17) is 16.0 Å². The van der Waals surface area contributed by atoms with Gasteiger partial charge in [-0.25, -0.2) is 9.69 Å². The highest BCUT2D eigenvalue weighted by Crippen LogP contribution is 2.32. The fourth-order valence-electron chi connectivity index (χ4n) is 3.32. The summed E-state index contributed by atoms with van der Waals surface area (Å²) in [5, 5.41) is 16.1. The number of imide groups is 1. The molecule has 34 heavy (non-hydrogen) atoms. The number of nitrogens with one attached hydrogen (secondary N) is 2. The molecule has 1 aromatic heterocycles. The Morgan fingerprint density at radius 3 is 2.71 bits per heavy atom. The van der Waals surface area contributed by atoms with Crippen molar-refractivity contribution >= 4 is 46.9 Å². The van der Waals surface area contributed by atoms with Gasteiger partial charge in [-0.15, -0.1) is 0 Å². The van der Waals surface area contributed by atoms with Crippen LogP contribution in [-0.4, -0.2) is 34.2 Å². The van der Waals surface area contributed by atoms with Gasteiger partial charge in [0, 0.05) is 29.5 Å². The highest BCUT2D eigenvalue weighted by atomic mass is 35.5. The minimum atomic E-state index is -0.735. The molecule has 2 heterocycles. The number of rotatable bonds is 6. The van der Waals surface area contributed by atoms with Gasteiger partial charge in [0.2, 0.25) is 5.91 Å². The predicted molar refractivity (Wildman–Crippen MR) is 124 cm³/mol. The Labute approximate surface area is 197 Å². The van der Waals surface area contributed by atoms with Crippen molar-refractivity contribution in [2.24, 2.45) is 0 Å². The number of hydrogen-bond acceptors (Lipinski definition) is 6. The van der Waals surface area contributed by atoms with Crippen LogP contribution in [0, 0.1) is 17.0 Å². The van der Waals surface area contributed by atoms with E-state index in [1.807, 2.05) is 13.0 Å². The number of hydrogen-bond donors (Lipinski definition) is 2. The second-order valence-corrected chi connectivity index (χ2v) is 7.83. The second kappa shape index (κ2) is 9.20. The van der Waals surface area contributed by atoms with Crippen LogP contribution in [0.2, 0.25) is 5.02 Å². The number of furan rings is 1. The fraction of sp³-hybridized carbons (Fsp3) is 0.0870. The number of benzene rings is 2. The molecule has 0 spiro atoms. The number of urea groups is 1. The number of halogens is 1. The van der Waals surface area contributed by atoms with Crippen LogP contribution in [0.4, 0.5) is 16.2 Å². The lowest BCUT2D eigenvalue weighted by Gasteiger charge is -2.12. The van der Waals surface area contributed by atoms with Crippen LogP contribution in [0.5, 0.6) is 0 Å². The summed E-state index contributed by atoms with van der Waals surface area (Å²) in [6, 6.07) is 13.5. The van der Waals surface area contributed by atoms with Gasteiger partial charge in [0.05, 0.1) is 9.95 Å². The first-order chi connectivity index (χ1) is 16.2. The smallest absolute Gasteiger partial charge is 0.329 e. The normalized spacial score (nSPS) is 14.4. The zero-order chi connectivity index (χ0) is 24.4. The molecule has 4 rings (SSSR count). The topological polar surface area (TPSA) is 135 Å². The Bertz CT molecular complexity index is 1360. The van der Waals surface area contributed by atoms with Gasteiger partial charge in [0.25, 0.3) is 11.6 Å². The molecule has 0 aliphatic carbocycles. The third-order valence-electron chi connectivity index (χ3n) is 4.91. The van der Waals surface area contributed by atoms with Crippen LogP contribution in [-0.2, 0) is 9.59 Å². The summed E-state index contributed by atoms with van der Waals surface area (Å²) in [5.41, 5.74) is 1.71. The Kier molecular flexibility index (Phi) is 6.15. The molecule has 0 unspecified atom stereocenters. The monoisotopic (exact) mass is 480 g/mol. The molecule has 10 nitrogen and oxygen atoms in total. The summed E-state index contributed by atoms with van der Waals surface area (Å²) in [5.74, 6) is -0.656. The number of nitro groups is 1. The van der Waals surface area contributed by atoms with E-state index in [1.165, 1.54) is 24.3 Å². The molecular formula is C23H17ClN4O6. The maximum atomic E-state index is 12.7. The van der Waals surface area contributed by atoms with Crippen molar-refractivity contribution < 1.29 is 23.7 Å². The van der Waals surface area contributed by atoms with Gasteiger partial charge in [0.15, 0.2) is 0 Å². The first-order valence-corrected chi connectivity index (χ1v) is 10.3. The Hall–Kier alpha value is -4.44. The minimum absolute atomic E-state index is 0.0657. The largest absolute Gasteiger partial charge is 0.457 e. The number of nitrogens with zero attached hydrogens (tertiary/aromatic N) is 2. The number of carbonyl (C=O) groups is 3. The number of carbonyl (C=O) groups excluding carboxylic acids is 3. The van der Waals surface area contributed by atoms with Gasteiger partial charge in [-0.3, -0.25) is 19.7 Å². The van der Waals surface area contributed by atoms with Gasteiger partial charge < -0.3 is 15.1 Å². The Morgan fingerprint density at radius 2 is 2.00 bits per heavy atom. The van der Waals surface area contributed by atoms with Crippen molar-refractivity contribution in [2.75, 3.05) is 11.9 Å². The van der Waals surface area contributed by atoms with E-state index in [2.05, 4.69) is 10.6 Å². The van der Waals surface area contributed by atoms with Gasteiger partial charge in [-0.05, 0) is 42.8 Å². The van der Waals surface area contributed by atoms with Gasteiger partial charge in [-0.2, -0.15) is 0 Å². The van der Waals surface area contributed by atoms with E-state index < -0.39 is 29.3 Å². The average Bonchev–Trinajstić information content (AvgIpc) is 3.34. The summed E-state index contributed by atoms with van der Waals surface area (Å²) in [6.07, 6.45) is 1.32. The van der Waals surface area contributed by atoms with Crippen LogP contribution in [0.3, 0.4) is 0 Å². The summed E-state index contributed by atoms with van der Waals surface area (Å²) >= 11 is 6.13. The van der Waals surface area contributed by atoms with Crippen LogP contribution in [0.1, 0.15) is 11.3 Å². The maximum absolute atomic E-state index is 12.7. The van der Waals surface area contributed by atoms with E-state index >= 15 is 0 Å². The molecule has 1 aliphatic heterocycles. The lowest BCUT2D eigenvalue weighted by molar-refractivity contribution is -0.384. The van der Waals surface area contributed by atoms with Crippen molar-refractivity contribution in [1.82, 2.24) is 10.2 Å². The summed E-state index contributed by atoms with van der Waals surface area (Å²) < 4.78 is 5.67. The lowest BCUT2D eigenvalue weighted by Crippen LogP contribution is -2.38. The number of aryl methyl sites for hydroxylation is 1. The Morgan fingerprint density at radius 1 is 1.21 bits per heavy atom. The molecule has 0 saturated carbocycles. The second-order valence-electron chi connectivity index (χ2n) is 7.42. The number of anilines is 1. The van der Waals surface area contributed by atoms with Crippen molar-refractivity contribution in [3.63, 3.8) is 0 Å². The van der Waals surface area contributed by atoms with E-state index in [-0.39, 0.29) is 22.2 Å². The highest BCUT2D eigenvalue weighted by molar-refractivity contribution is 6.33. The van der Waals surface area contributed by atoms with Gasteiger partial charge >= 0.3 is 6.03 Å². The minimum Gasteiger partial charge on any atom is -0.457 e. The van der Waals surface area contributed by atoms with E-state index in [0.717, 1.165) is 10.5 Å². The maximum Gasteiger partial charge on any atom is 0.329 e. The van der Waals surface area contributed by atoms with Crippen molar-refractivity contribution in [3.8, 4) is 11.3 Å². The van der Waals surface area contributed by atoms with Gasteiger partial charge in [0.1, 0.15) is 23.8 Å². The van der Waals surface area contributed by atoms with Crippen molar-refractivity contribution in [3.05, 3.63) is 86.8 Å². The lowest BCUT2D eigenvalue weighted by atomic mass is 10.1. The van der Waals surface area contributed by atoms with E-state index in [0.29, 0.717) is 17.0 Å². The molecule has 2 N–H and O–H groups in total. The standard InChI is InChI=1S/C23H17ClN4O6/c1-13-3-2-4-14(9-13)25-21(29)12-27-22(30)19(26-23(27)31)11-16-6-8-20(34-16)17-7-5-15(28(32)33)10-18(17)24/h2-11H,12H2,1H3,(H,25,29)(H,26,31)/b19-11+. The Balaban J connectivity index is 1.47.